The fourth-order valence-corrected chi connectivity index (χ4v) is 2.43. The van der Waals surface area contributed by atoms with Crippen LogP contribution in [0.3, 0.4) is 0 Å². The van der Waals surface area contributed by atoms with Crippen LogP contribution in [0, 0.1) is 0 Å². The van der Waals surface area contributed by atoms with Gasteiger partial charge in [-0.15, -0.1) is 0 Å². The molecule has 2 rings (SSSR count). The molecule has 0 unspecified atom stereocenters. The van der Waals surface area contributed by atoms with Crippen molar-refractivity contribution < 1.29 is 0 Å². The Bertz CT molecular complexity index is 327. The minimum atomic E-state index is 0.703. The first-order valence-corrected chi connectivity index (χ1v) is 6.24. The fourth-order valence-electron chi connectivity index (χ4n) is 2.43. The van der Waals surface area contributed by atoms with Crippen LogP contribution in [0.15, 0.2) is 24.3 Å². The highest BCUT2D eigenvalue weighted by Crippen LogP contribution is 2.22. The molecule has 16 heavy (non-hydrogen) atoms. The second-order valence-corrected chi connectivity index (χ2v) is 5.06. The van der Waals surface area contributed by atoms with Gasteiger partial charge in [-0.2, -0.15) is 0 Å². The van der Waals surface area contributed by atoms with Crippen LogP contribution in [-0.2, 0) is 6.54 Å². The van der Waals surface area contributed by atoms with Crippen molar-refractivity contribution in [3.05, 3.63) is 29.8 Å². The molecule has 1 saturated carbocycles. The van der Waals surface area contributed by atoms with Crippen molar-refractivity contribution in [2.45, 2.75) is 38.3 Å². The van der Waals surface area contributed by atoms with Crippen LogP contribution in [0.2, 0.25) is 0 Å². The fraction of sp³-hybridized carbons (Fsp3) is 0.571. The van der Waals surface area contributed by atoms with Gasteiger partial charge in [-0.25, -0.2) is 0 Å². The average Bonchev–Trinajstić information content (AvgIpc) is 2.70. The molecule has 1 aromatic rings. The lowest BCUT2D eigenvalue weighted by molar-refractivity contribution is 0.402. The first kappa shape index (κ1) is 11.5. The van der Waals surface area contributed by atoms with Crippen molar-refractivity contribution in [3.63, 3.8) is 0 Å². The van der Waals surface area contributed by atoms with Gasteiger partial charge in [0.2, 0.25) is 0 Å². The number of anilines is 1. The Labute approximate surface area is 98.7 Å². The largest absolute Gasteiger partial charge is 0.382 e. The first-order chi connectivity index (χ1) is 7.74. The molecule has 88 valence electrons. The van der Waals surface area contributed by atoms with E-state index >= 15 is 0 Å². The van der Waals surface area contributed by atoms with Gasteiger partial charge < -0.3 is 10.2 Å². The standard InChI is InChI=1S/C14H22N2/c1-16(2)11-12-6-5-9-14(10-12)15-13-7-3-4-8-13/h5-6,9-10,13,15H,3-4,7-8,11H2,1-2H3. The zero-order chi connectivity index (χ0) is 11.4. The van der Waals surface area contributed by atoms with Crippen LogP contribution in [0.25, 0.3) is 0 Å². The van der Waals surface area contributed by atoms with E-state index in [0.717, 1.165) is 6.54 Å². The van der Waals surface area contributed by atoms with Crippen molar-refractivity contribution in [3.8, 4) is 0 Å². The number of benzene rings is 1. The SMILES string of the molecule is CN(C)Cc1cccc(NC2CCCC2)c1. The molecule has 1 fully saturated rings. The third kappa shape index (κ3) is 3.24. The Kier molecular flexibility index (Phi) is 3.83. The second kappa shape index (κ2) is 5.35. The number of nitrogens with zero attached hydrogens (tertiary/aromatic N) is 1. The van der Waals surface area contributed by atoms with E-state index in [-0.39, 0.29) is 0 Å². The van der Waals surface area contributed by atoms with Crippen LogP contribution in [-0.4, -0.2) is 25.0 Å². The molecule has 1 aliphatic rings. The highest BCUT2D eigenvalue weighted by Gasteiger charge is 2.14. The Morgan fingerprint density at radius 3 is 2.69 bits per heavy atom. The molecule has 0 radical (unpaired) electrons. The summed E-state index contributed by atoms with van der Waals surface area (Å²) < 4.78 is 0. The van der Waals surface area contributed by atoms with E-state index in [1.807, 2.05) is 0 Å². The Morgan fingerprint density at radius 1 is 1.25 bits per heavy atom. The van der Waals surface area contributed by atoms with Crippen LogP contribution in [0.4, 0.5) is 5.69 Å². The molecule has 2 nitrogen and oxygen atoms in total. The smallest absolute Gasteiger partial charge is 0.0345 e. The lowest BCUT2D eigenvalue weighted by Crippen LogP contribution is -2.15. The van der Waals surface area contributed by atoms with Crippen molar-refractivity contribution in [1.29, 1.82) is 0 Å². The van der Waals surface area contributed by atoms with E-state index in [1.165, 1.54) is 36.9 Å². The second-order valence-electron chi connectivity index (χ2n) is 5.06. The van der Waals surface area contributed by atoms with E-state index in [9.17, 15) is 0 Å². The Hall–Kier alpha value is -1.02. The van der Waals surface area contributed by atoms with Crippen LogP contribution >= 0.6 is 0 Å². The molecule has 0 saturated heterocycles. The normalized spacial score (nSPS) is 16.9. The molecule has 0 spiro atoms. The summed E-state index contributed by atoms with van der Waals surface area (Å²) in [5, 5.41) is 3.64. The maximum Gasteiger partial charge on any atom is 0.0345 e. The van der Waals surface area contributed by atoms with Gasteiger partial charge in [0.05, 0.1) is 0 Å². The number of hydrogen-bond donors (Lipinski definition) is 1. The zero-order valence-electron chi connectivity index (χ0n) is 10.4. The van der Waals surface area contributed by atoms with Gasteiger partial charge in [0.25, 0.3) is 0 Å². The molecule has 1 N–H and O–H groups in total. The topological polar surface area (TPSA) is 15.3 Å². The third-order valence-corrected chi connectivity index (χ3v) is 3.15. The van der Waals surface area contributed by atoms with Crippen molar-refractivity contribution >= 4 is 5.69 Å². The van der Waals surface area contributed by atoms with Gasteiger partial charge in [-0.1, -0.05) is 25.0 Å². The van der Waals surface area contributed by atoms with Gasteiger partial charge in [0.15, 0.2) is 0 Å². The maximum atomic E-state index is 3.64. The summed E-state index contributed by atoms with van der Waals surface area (Å²) >= 11 is 0. The third-order valence-electron chi connectivity index (χ3n) is 3.15. The highest BCUT2D eigenvalue weighted by molar-refractivity contribution is 5.46. The monoisotopic (exact) mass is 218 g/mol. The summed E-state index contributed by atoms with van der Waals surface area (Å²) in [6.07, 6.45) is 5.43. The molecule has 0 amide bonds. The molecule has 0 aromatic heterocycles. The van der Waals surface area contributed by atoms with Crippen LogP contribution in [0.5, 0.6) is 0 Å². The zero-order valence-corrected chi connectivity index (χ0v) is 10.4. The summed E-state index contributed by atoms with van der Waals surface area (Å²) in [5.41, 5.74) is 2.67. The number of hydrogen-bond acceptors (Lipinski definition) is 2. The average molecular weight is 218 g/mol. The van der Waals surface area contributed by atoms with Gasteiger partial charge in [-0.3, -0.25) is 0 Å². The summed E-state index contributed by atoms with van der Waals surface area (Å²) in [5.74, 6) is 0. The first-order valence-electron chi connectivity index (χ1n) is 6.24. The molecule has 0 bridgehead atoms. The lowest BCUT2D eigenvalue weighted by Gasteiger charge is -2.15. The highest BCUT2D eigenvalue weighted by atomic mass is 15.0. The minimum absolute atomic E-state index is 0.703. The molecule has 0 aliphatic heterocycles. The van der Waals surface area contributed by atoms with E-state index in [4.69, 9.17) is 0 Å². The molecule has 0 atom stereocenters. The summed E-state index contributed by atoms with van der Waals surface area (Å²) in [6, 6.07) is 9.50. The Balaban J connectivity index is 1.97. The van der Waals surface area contributed by atoms with Crippen molar-refractivity contribution in [2.75, 3.05) is 19.4 Å². The minimum Gasteiger partial charge on any atom is -0.382 e. The van der Waals surface area contributed by atoms with E-state index in [2.05, 4.69) is 48.6 Å². The predicted molar refractivity (Wildman–Crippen MR) is 69.7 cm³/mol. The van der Waals surface area contributed by atoms with Crippen LogP contribution < -0.4 is 5.32 Å². The van der Waals surface area contributed by atoms with Gasteiger partial charge in [0, 0.05) is 18.3 Å². The summed E-state index contributed by atoms with van der Waals surface area (Å²) in [4.78, 5) is 2.20. The van der Waals surface area contributed by atoms with Gasteiger partial charge in [0.1, 0.15) is 0 Å². The number of rotatable bonds is 4. The van der Waals surface area contributed by atoms with Crippen molar-refractivity contribution in [2.24, 2.45) is 0 Å². The summed E-state index contributed by atoms with van der Waals surface area (Å²) in [7, 11) is 4.22. The van der Waals surface area contributed by atoms with E-state index < -0.39 is 0 Å². The summed E-state index contributed by atoms with van der Waals surface area (Å²) in [6.45, 7) is 1.01. The van der Waals surface area contributed by atoms with Gasteiger partial charge in [-0.05, 0) is 44.6 Å². The molecular weight excluding hydrogens is 196 g/mol. The molecule has 0 heterocycles. The van der Waals surface area contributed by atoms with Gasteiger partial charge >= 0.3 is 0 Å². The lowest BCUT2D eigenvalue weighted by atomic mass is 10.1. The maximum absolute atomic E-state index is 3.64. The number of nitrogens with one attached hydrogen (secondary N) is 1. The Morgan fingerprint density at radius 2 is 2.00 bits per heavy atom. The predicted octanol–water partition coefficient (Wildman–Crippen LogP) is 3.10. The molecular formula is C14H22N2. The quantitative estimate of drug-likeness (QED) is 0.835. The molecule has 2 heteroatoms. The van der Waals surface area contributed by atoms with E-state index in [0.29, 0.717) is 6.04 Å². The van der Waals surface area contributed by atoms with Crippen molar-refractivity contribution in [1.82, 2.24) is 4.90 Å². The molecule has 1 aliphatic carbocycles. The van der Waals surface area contributed by atoms with E-state index in [1.54, 1.807) is 0 Å². The molecule has 1 aromatic carbocycles. The van der Waals surface area contributed by atoms with Crippen LogP contribution in [0.1, 0.15) is 31.2 Å².